The van der Waals surface area contributed by atoms with Crippen molar-refractivity contribution in [3.05, 3.63) is 42.0 Å². The van der Waals surface area contributed by atoms with E-state index in [0.717, 1.165) is 12.1 Å². The van der Waals surface area contributed by atoms with E-state index in [9.17, 15) is 0 Å². The van der Waals surface area contributed by atoms with Gasteiger partial charge in [-0.1, -0.05) is 30.7 Å². The summed E-state index contributed by atoms with van der Waals surface area (Å²) in [7, 11) is 0. The number of aliphatic imine (C=N–C) groups is 1. The molecule has 0 unspecified atom stereocenters. The fourth-order valence-electron chi connectivity index (χ4n) is 0.882. The van der Waals surface area contributed by atoms with Crippen LogP contribution < -0.4 is 0 Å². The van der Waals surface area contributed by atoms with Crippen molar-refractivity contribution in [3.63, 3.8) is 0 Å². The number of nitrogens with zero attached hydrogens (tertiary/aromatic N) is 1. The van der Waals surface area contributed by atoms with E-state index in [1.54, 1.807) is 0 Å². The highest BCUT2D eigenvalue weighted by molar-refractivity contribution is 5.75. The Bertz CT molecular complexity index is 296. The Hall–Kier alpha value is -1.37. The Kier molecular flexibility index (Phi) is 3.97. The molecule has 0 saturated heterocycles. The van der Waals surface area contributed by atoms with Gasteiger partial charge in [-0.05, 0) is 31.6 Å². The van der Waals surface area contributed by atoms with Crippen LogP contribution in [-0.2, 0) is 0 Å². The molecular weight excluding hydrogens is 158 g/mol. The van der Waals surface area contributed by atoms with E-state index in [4.69, 9.17) is 0 Å². The van der Waals surface area contributed by atoms with Crippen LogP contribution in [0.1, 0.15) is 20.3 Å². The summed E-state index contributed by atoms with van der Waals surface area (Å²) in [5.74, 6) is 0. The van der Waals surface area contributed by atoms with Gasteiger partial charge in [-0.2, -0.15) is 0 Å². The molecule has 0 heterocycles. The first kappa shape index (κ1) is 9.72. The van der Waals surface area contributed by atoms with Gasteiger partial charge in [-0.3, -0.25) is 4.99 Å². The van der Waals surface area contributed by atoms with E-state index in [-0.39, 0.29) is 0 Å². The molecule has 1 aromatic rings. The highest BCUT2D eigenvalue weighted by atomic mass is 14.7. The molecule has 68 valence electrons. The lowest BCUT2D eigenvalue weighted by molar-refractivity contribution is 1.10. The molecule has 0 atom stereocenters. The van der Waals surface area contributed by atoms with Crippen LogP contribution in [0, 0.1) is 0 Å². The molecule has 0 aromatic heterocycles. The highest BCUT2D eigenvalue weighted by Gasteiger charge is 1.82. The summed E-state index contributed by atoms with van der Waals surface area (Å²) >= 11 is 0. The average Bonchev–Trinajstić information content (AvgIpc) is 2.19. The Labute approximate surface area is 79.8 Å². The molecule has 0 aliphatic heterocycles. The minimum absolute atomic E-state index is 1.00. The maximum Gasteiger partial charge on any atom is 0.0629 e. The fraction of sp³-hybridized carbons (Fsp3) is 0.250. The van der Waals surface area contributed by atoms with Crippen LogP contribution in [-0.4, -0.2) is 6.21 Å². The van der Waals surface area contributed by atoms with Gasteiger partial charge in [-0.25, -0.2) is 0 Å². The number of hydrogen-bond donors (Lipinski definition) is 0. The van der Waals surface area contributed by atoms with Gasteiger partial charge in [0.15, 0.2) is 0 Å². The number of benzene rings is 1. The minimum atomic E-state index is 1.00. The molecule has 1 heteroatoms. The molecular formula is C12H15N. The molecule has 0 radical (unpaired) electrons. The lowest BCUT2D eigenvalue weighted by Crippen LogP contribution is -1.72. The summed E-state index contributed by atoms with van der Waals surface area (Å²) in [4.78, 5) is 4.29. The van der Waals surface area contributed by atoms with Crippen molar-refractivity contribution in [1.29, 1.82) is 0 Å². The fourth-order valence-corrected chi connectivity index (χ4v) is 0.882. The predicted molar refractivity (Wildman–Crippen MR) is 58.6 cm³/mol. The first-order valence-electron chi connectivity index (χ1n) is 4.58. The van der Waals surface area contributed by atoms with Gasteiger partial charge in [0.1, 0.15) is 0 Å². The van der Waals surface area contributed by atoms with Crippen LogP contribution in [0.2, 0.25) is 0 Å². The van der Waals surface area contributed by atoms with Crippen LogP contribution in [0.15, 0.2) is 47.0 Å². The molecule has 0 spiro atoms. The summed E-state index contributed by atoms with van der Waals surface area (Å²) in [5, 5.41) is 0. The average molecular weight is 173 g/mol. The Morgan fingerprint density at radius 2 is 2.00 bits per heavy atom. The van der Waals surface area contributed by atoms with Crippen molar-refractivity contribution in [3.8, 4) is 0 Å². The van der Waals surface area contributed by atoms with Gasteiger partial charge in [0.05, 0.1) is 5.69 Å². The molecule has 1 rings (SSSR count). The largest absolute Gasteiger partial charge is 0.257 e. The van der Waals surface area contributed by atoms with E-state index in [1.165, 1.54) is 5.57 Å². The topological polar surface area (TPSA) is 12.4 Å². The summed E-state index contributed by atoms with van der Waals surface area (Å²) in [6.07, 6.45) is 4.99. The van der Waals surface area contributed by atoms with E-state index in [1.807, 2.05) is 42.6 Å². The molecule has 13 heavy (non-hydrogen) atoms. The second-order valence-electron chi connectivity index (χ2n) is 2.98. The molecule has 0 aliphatic rings. The van der Waals surface area contributed by atoms with Gasteiger partial charge in [0, 0.05) is 6.21 Å². The van der Waals surface area contributed by atoms with Gasteiger partial charge in [0.25, 0.3) is 0 Å². The van der Waals surface area contributed by atoms with E-state index >= 15 is 0 Å². The zero-order valence-electron chi connectivity index (χ0n) is 8.20. The minimum Gasteiger partial charge on any atom is -0.257 e. The summed E-state index contributed by atoms with van der Waals surface area (Å²) in [6.45, 7) is 4.25. The number of allylic oxidation sites excluding steroid dienone is 2. The van der Waals surface area contributed by atoms with Crippen molar-refractivity contribution in [2.45, 2.75) is 20.3 Å². The lowest BCUT2D eigenvalue weighted by atomic mass is 10.2. The Morgan fingerprint density at radius 3 is 2.62 bits per heavy atom. The first-order valence-corrected chi connectivity index (χ1v) is 4.58. The molecule has 0 N–H and O–H groups in total. The number of para-hydroxylation sites is 1. The summed E-state index contributed by atoms with van der Waals surface area (Å²) in [6, 6.07) is 9.95. The van der Waals surface area contributed by atoms with Gasteiger partial charge >= 0.3 is 0 Å². The summed E-state index contributed by atoms with van der Waals surface area (Å²) in [5.41, 5.74) is 2.35. The van der Waals surface area contributed by atoms with E-state index < -0.39 is 0 Å². The van der Waals surface area contributed by atoms with Crippen LogP contribution >= 0.6 is 0 Å². The van der Waals surface area contributed by atoms with Crippen LogP contribution in [0.3, 0.4) is 0 Å². The SMILES string of the molecule is CC/C(C)=C\C=N/c1ccccc1. The summed E-state index contributed by atoms with van der Waals surface area (Å²) < 4.78 is 0. The highest BCUT2D eigenvalue weighted by Crippen LogP contribution is 2.08. The Morgan fingerprint density at radius 1 is 1.31 bits per heavy atom. The first-order chi connectivity index (χ1) is 6.33. The third-order valence-electron chi connectivity index (χ3n) is 1.90. The van der Waals surface area contributed by atoms with Crippen LogP contribution in [0.4, 0.5) is 5.69 Å². The third-order valence-corrected chi connectivity index (χ3v) is 1.90. The quantitative estimate of drug-likeness (QED) is 0.617. The van der Waals surface area contributed by atoms with Crippen molar-refractivity contribution in [2.75, 3.05) is 0 Å². The maximum absolute atomic E-state index is 4.29. The molecule has 0 fully saturated rings. The smallest absolute Gasteiger partial charge is 0.0629 e. The maximum atomic E-state index is 4.29. The third kappa shape index (κ3) is 3.70. The molecule has 0 saturated carbocycles. The normalized spacial score (nSPS) is 12.3. The molecule has 0 bridgehead atoms. The zero-order valence-corrected chi connectivity index (χ0v) is 8.20. The predicted octanol–water partition coefficient (Wildman–Crippen LogP) is 3.75. The zero-order chi connectivity index (χ0) is 9.52. The molecule has 0 aliphatic carbocycles. The van der Waals surface area contributed by atoms with Crippen LogP contribution in [0.25, 0.3) is 0 Å². The second-order valence-corrected chi connectivity index (χ2v) is 2.98. The van der Waals surface area contributed by atoms with Gasteiger partial charge < -0.3 is 0 Å². The van der Waals surface area contributed by atoms with Crippen molar-refractivity contribution < 1.29 is 0 Å². The lowest BCUT2D eigenvalue weighted by Gasteiger charge is -1.91. The van der Waals surface area contributed by atoms with E-state index in [0.29, 0.717) is 0 Å². The monoisotopic (exact) mass is 173 g/mol. The number of rotatable bonds is 3. The molecule has 0 amide bonds. The van der Waals surface area contributed by atoms with Crippen LogP contribution in [0.5, 0.6) is 0 Å². The standard InChI is InChI=1S/C12H15N/c1-3-11(2)9-10-13-12-7-5-4-6-8-12/h4-10H,3H2,1-2H3/b11-9-,13-10-. The van der Waals surface area contributed by atoms with E-state index in [2.05, 4.69) is 18.8 Å². The van der Waals surface area contributed by atoms with Gasteiger partial charge in [0.2, 0.25) is 0 Å². The van der Waals surface area contributed by atoms with Crippen molar-refractivity contribution in [2.24, 2.45) is 4.99 Å². The Balaban J connectivity index is 2.60. The molecule has 1 aromatic carbocycles. The van der Waals surface area contributed by atoms with Gasteiger partial charge in [-0.15, -0.1) is 0 Å². The number of hydrogen-bond acceptors (Lipinski definition) is 1. The molecule has 1 nitrogen and oxygen atoms in total. The van der Waals surface area contributed by atoms with Crippen molar-refractivity contribution >= 4 is 11.9 Å². The van der Waals surface area contributed by atoms with Crippen molar-refractivity contribution in [1.82, 2.24) is 0 Å². The second kappa shape index (κ2) is 5.31.